The summed E-state index contributed by atoms with van der Waals surface area (Å²) >= 11 is 7.54. The van der Waals surface area contributed by atoms with Crippen molar-refractivity contribution < 1.29 is 19.5 Å². The fraction of sp³-hybridized carbons (Fsp3) is 0.353. The number of rotatable bonds is 4. The number of aliphatic carboxylic acids is 1. The van der Waals surface area contributed by atoms with Crippen LogP contribution < -0.4 is 5.32 Å². The van der Waals surface area contributed by atoms with Crippen molar-refractivity contribution in [3.63, 3.8) is 0 Å². The van der Waals surface area contributed by atoms with Gasteiger partial charge in [-0.05, 0) is 18.9 Å². The van der Waals surface area contributed by atoms with E-state index in [1.165, 1.54) is 16.2 Å². The molecule has 8 heteroatoms. The lowest BCUT2D eigenvalue weighted by Crippen LogP contribution is -2.46. The SMILES string of the molecule is O=C(NCC(=O)N1CCC[C@H](C(=O)O)C1)c1sc2ccccc2c1Cl. The standard InChI is InChI=1S/C17H17ClN2O4S/c18-14-11-5-1-2-6-12(11)25-15(14)16(22)19-8-13(21)20-7-3-4-10(9-20)17(23)24/h1-2,5-6,10H,3-4,7-9H2,(H,19,22)(H,23,24)/t10-/m0/s1. The van der Waals surface area contributed by atoms with Gasteiger partial charge in [0, 0.05) is 23.2 Å². The molecule has 25 heavy (non-hydrogen) atoms. The van der Waals surface area contributed by atoms with E-state index in [2.05, 4.69) is 5.32 Å². The summed E-state index contributed by atoms with van der Waals surface area (Å²) in [4.78, 5) is 37.5. The van der Waals surface area contributed by atoms with Crippen LogP contribution in [0.2, 0.25) is 5.02 Å². The van der Waals surface area contributed by atoms with Gasteiger partial charge in [0.15, 0.2) is 0 Å². The topological polar surface area (TPSA) is 86.7 Å². The van der Waals surface area contributed by atoms with Crippen LogP contribution in [0.4, 0.5) is 0 Å². The van der Waals surface area contributed by atoms with Crippen molar-refractivity contribution in [2.24, 2.45) is 5.92 Å². The minimum Gasteiger partial charge on any atom is -0.481 e. The van der Waals surface area contributed by atoms with E-state index in [0.29, 0.717) is 29.3 Å². The molecule has 0 bridgehead atoms. The van der Waals surface area contributed by atoms with Crippen LogP contribution in [0.1, 0.15) is 22.5 Å². The van der Waals surface area contributed by atoms with Crippen LogP contribution in [0.5, 0.6) is 0 Å². The molecule has 0 saturated carbocycles. The minimum absolute atomic E-state index is 0.171. The second-order valence-corrected chi connectivity index (χ2v) is 7.37. The van der Waals surface area contributed by atoms with Crippen molar-refractivity contribution >= 4 is 50.8 Å². The molecule has 3 rings (SSSR count). The molecule has 1 aliphatic heterocycles. The number of hydrogen-bond donors (Lipinski definition) is 2. The quantitative estimate of drug-likeness (QED) is 0.853. The van der Waals surface area contributed by atoms with Crippen molar-refractivity contribution in [2.75, 3.05) is 19.6 Å². The number of amides is 2. The van der Waals surface area contributed by atoms with Crippen LogP contribution in [-0.4, -0.2) is 47.4 Å². The first-order valence-electron chi connectivity index (χ1n) is 7.93. The summed E-state index contributed by atoms with van der Waals surface area (Å²) in [7, 11) is 0. The van der Waals surface area contributed by atoms with Gasteiger partial charge in [-0.2, -0.15) is 0 Å². The Morgan fingerprint density at radius 3 is 2.80 bits per heavy atom. The van der Waals surface area contributed by atoms with Crippen molar-refractivity contribution in [3.05, 3.63) is 34.2 Å². The third kappa shape index (κ3) is 3.77. The number of nitrogens with one attached hydrogen (secondary N) is 1. The van der Waals surface area contributed by atoms with E-state index >= 15 is 0 Å². The van der Waals surface area contributed by atoms with Crippen LogP contribution in [0.3, 0.4) is 0 Å². The summed E-state index contributed by atoms with van der Waals surface area (Å²) in [5.74, 6) is -2.10. The maximum atomic E-state index is 12.3. The molecule has 0 unspecified atom stereocenters. The highest BCUT2D eigenvalue weighted by Crippen LogP contribution is 2.34. The van der Waals surface area contributed by atoms with Crippen molar-refractivity contribution in [1.82, 2.24) is 10.2 Å². The second-order valence-electron chi connectivity index (χ2n) is 5.94. The average Bonchev–Trinajstić information content (AvgIpc) is 2.96. The van der Waals surface area contributed by atoms with Gasteiger partial charge < -0.3 is 15.3 Å². The Morgan fingerprint density at radius 1 is 1.32 bits per heavy atom. The smallest absolute Gasteiger partial charge is 0.308 e. The number of nitrogens with zero attached hydrogens (tertiary/aromatic N) is 1. The molecule has 1 aromatic carbocycles. The van der Waals surface area contributed by atoms with Crippen LogP contribution in [-0.2, 0) is 9.59 Å². The molecule has 2 heterocycles. The summed E-state index contributed by atoms with van der Waals surface area (Å²) in [6.07, 6.45) is 1.22. The molecule has 0 spiro atoms. The largest absolute Gasteiger partial charge is 0.481 e. The lowest BCUT2D eigenvalue weighted by molar-refractivity contribution is -0.145. The summed E-state index contributed by atoms with van der Waals surface area (Å²) in [5.41, 5.74) is 0. The van der Waals surface area contributed by atoms with Gasteiger partial charge >= 0.3 is 5.97 Å². The van der Waals surface area contributed by atoms with E-state index in [1.807, 2.05) is 24.3 Å². The number of hydrogen-bond acceptors (Lipinski definition) is 4. The lowest BCUT2D eigenvalue weighted by Gasteiger charge is -2.30. The molecule has 2 N–H and O–H groups in total. The molecule has 1 fully saturated rings. The molecule has 0 radical (unpaired) electrons. The first-order chi connectivity index (χ1) is 12.0. The van der Waals surface area contributed by atoms with Crippen LogP contribution >= 0.6 is 22.9 Å². The normalized spacial score (nSPS) is 17.5. The Bertz CT molecular complexity index is 835. The van der Waals surface area contributed by atoms with Gasteiger partial charge in [-0.15, -0.1) is 11.3 Å². The molecule has 1 saturated heterocycles. The molecule has 2 aromatic rings. The van der Waals surface area contributed by atoms with Crippen LogP contribution in [0, 0.1) is 5.92 Å². The van der Waals surface area contributed by atoms with Crippen LogP contribution in [0.25, 0.3) is 10.1 Å². The molecular weight excluding hydrogens is 364 g/mol. The second kappa shape index (κ2) is 7.41. The van der Waals surface area contributed by atoms with E-state index in [-0.39, 0.29) is 19.0 Å². The molecule has 2 amide bonds. The molecule has 0 aliphatic carbocycles. The highest BCUT2D eigenvalue weighted by Gasteiger charge is 2.28. The first kappa shape index (κ1) is 17.7. The Balaban J connectivity index is 1.62. The van der Waals surface area contributed by atoms with E-state index in [9.17, 15) is 14.4 Å². The Hall–Kier alpha value is -2.12. The molecule has 1 atom stereocenters. The number of halogens is 1. The molecule has 132 valence electrons. The predicted octanol–water partition coefficient (Wildman–Crippen LogP) is 2.61. The zero-order chi connectivity index (χ0) is 18.0. The number of thiophene rings is 1. The van der Waals surface area contributed by atoms with Gasteiger partial charge in [-0.3, -0.25) is 14.4 Å². The third-order valence-electron chi connectivity index (χ3n) is 4.26. The molecule has 1 aromatic heterocycles. The van der Waals surface area contributed by atoms with Gasteiger partial charge in [0.1, 0.15) is 4.88 Å². The summed E-state index contributed by atoms with van der Waals surface area (Å²) < 4.78 is 0.907. The number of piperidine rings is 1. The number of carbonyl (C=O) groups excluding carboxylic acids is 2. The number of carbonyl (C=O) groups is 3. The Morgan fingerprint density at radius 2 is 2.08 bits per heavy atom. The zero-order valence-corrected chi connectivity index (χ0v) is 14.9. The third-order valence-corrected chi connectivity index (χ3v) is 5.94. The van der Waals surface area contributed by atoms with E-state index in [0.717, 1.165) is 10.1 Å². The molecular formula is C17H17ClN2O4S. The summed E-state index contributed by atoms with van der Waals surface area (Å²) in [6.45, 7) is 0.533. The van der Waals surface area contributed by atoms with E-state index in [4.69, 9.17) is 16.7 Å². The van der Waals surface area contributed by atoms with Crippen molar-refractivity contribution in [2.45, 2.75) is 12.8 Å². The van der Waals surface area contributed by atoms with Crippen molar-refractivity contribution in [3.8, 4) is 0 Å². The van der Waals surface area contributed by atoms with Gasteiger partial charge in [-0.1, -0.05) is 29.8 Å². The van der Waals surface area contributed by atoms with E-state index in [1.54, 1.807) is 0 Å². The maximum absolute atomic E-state index is 12.3. The molecule has 6 nitrogen and oxygen atoms in total. The number of likely N-dealkylation sites (tertiary alicyclic amines) is 1. The zero-order valence-electron chi connectivity index (χ0n) is 13.3. The highest BCUT2D eigenvalue weighted by atomic mass is 35.5. The fourth-order valence-electron chi connectivity index (χ4n) is 2.91. The van der Waals surface area contributed by atoms with Crippen molar-refractivity contribution in [1.29, 1.82) is 0 Å². The summed E-state index contributed by atoms with van der Waals surface area (Å²) in [5, 5.41) is 12.9. The number of carboxylic acids is 1. The Labute approximate surface area is 153 Å². The van der Waals surface area contributed by atoms with Gasteiger partial charge in [0.25, 0.3) is 5.91 Å². The Kier molecular flexibility index (Phi) is 5.24. The van der Waals surface area contributed by atoms with E-state index < -0.39 is 17.8 Å². The minimum atomic E-state index is -0.890. The predicted molar refractivity (Wildman–Crippen MR) is 96.1 cm³/mol. The molecule has 1 aliphatic rings. The number of carboxylic acid groups (broad SMARTS) is 1. The number of fused-ring (bicyclic) bond motifs is 1. The fourth-order valence-corrected chi connectivity index (χ4v) is 4.35. The summed E-state index contributed by atoms with van der Waals surface area (Å²) in [6, 6.07) is 7.44. The first-order valence-corrected chi connectivity index (χ1v) is 9.12. The van der Waals surface area contributed by atoms with Gasteiger partial charge in [0.05, 0.1) is 17.5 Å². The van der Waals surface area contributed by atoms with Crippen LogP contribution in [0.15, 0.2) is 24.3 Å². The number of benzene rings is 1. The van der Waals surface area contributed by atoms with Gasteiger partial charge in [0.2, 0.25) is 5.91 Å². The maximum Gasteiger partial charge on any atom is 0.308 e. The lowest BCUT2D eigenvalue weighted by atomic mass is 9.98. The monoisotopic (exact) mass is 380 g/mol. The highest BCUT2D eigenvalue weighted by molar-refractivity contribution is 7.21. The average molecular weight is 381 g/mol. The van der Waals surface area contributed by atoms with Gasteiger partial charge in [-0.25, -0.2) is 0 Å².